The maximum atomic E-state index is 13.3. The largest absolute Gasteiger partial charge is 0.366 e. The third-order valence-corrected chi connectivity index (χ3v) is 4.98. The molecule has 6 nitrogen and oxygen atoms in total. The Morgan fingerprint density at radius 3 is 2.43 bits per heavy atom. The van der Waals surface area contributed by atoms with Crippen molar-refractivity contribution in [1.29, 1.82) is 0 Å². The minimum absolute atomic E-state index is 0.129. The van der Waals surface area contributed by atoms with Gasteiger partial charge in [0.1, 0.15) is 5.82 Å². The van der Waals surface area contributed by atoms with Gasteiger partial charge in [0.2, 0.25) is 5.91 Å². The zero-order valence-electron chi connectivity index (χ0n) is 15.3. The van der Waals surface area contributed by atoms with Crippen LogP contribution in [-0.2, 0) is 11.3 Å². The molecule has 2 aromatic carbocycles. The third kappa shape index (κ3) is 5.28. The van der Waals surface area contributed by atoms with Gasteiger partial charge >= 0.3 is 0 Å². The SMILES string of the molecule is NC(=O)c1ccccc1NC(=O)CN1CCN(Cc2ccc(F)c(Cl)c2)CC1. The molecule has 3 N–H and O–H groups in total. The minimum Gasteiger partial charge on any atom is -0.366 e. The minimum atomic E-state index is -0.578. The molecule has 1 fully saturated rings. The maximum Gasteiger partial charge on any atom is 0.250 e. The first-order valence-corrected chi connectivity index (χ1v) is 9.37. The Labute approximate surface area is 168 Å². The predicted octanol–water partition coefficient (Wildman–Crippen LogP) is 2.33. The molecule has 1 saturated heterocycles. The molecule has 1 heterocycles. The van der Waals surface area contributed by atoms with E-state index in [1.807, 2.05) is 0 Å². The molecule has 28 heavy (non-hydrogen) atoms. The van der Waals surface area contributed by atoms with E-state index < -0.39 is 11.7 Å². The number of benzene rings is 2. The van der Waals surface area contributed by atoms with Crippen molar-refractivity contribution < 1.29 is 14.0 Å². The van der Waals surface area contributed by atoms with Gasteiger partial charge in [-0.2, -0.15) is 0 Å². The number of anilines is 1. The lowest BCUT2D eigenvalue weighted by Gasteiger charge is -2.34. The van der Waals surface area contributed by atoms with Gasteiger partial charge in [-0.3, -0.25) is 19.4 Å². The molecule has 1 aliphatic rings. The third-order valence-electron chi connectivity index (χ3n) is 4.69. The number of nitrogens with one attached hydrogen (secondary N) is 1. The highest BCUT2D eigenvalue weighted by molar-refractivity contribution is 6.30. The maximum absolute atomic E-state index is 13.3. The molecule has 0 saturated carbocycles. The highest BCUT2D eigenvalue weighted by Gasteiger charge is 2.20. The molecule has 0 radical (unpaired) electrons. The number of hydrogen-bond acceptors (Lipinski definition) is 4. The van der Waals surface area contributed by atoms with Crippen LogP contribution in [0, 0.1) is 5.82 Å². The summed E-state index contributed by atoms with van der Waals surface area (Å²) in [6, 6.07) is 11.4. The fourth-order valence-corrected chi connectivity index (χ4v) is 3.40. The number of carbonyl (C=O) groups is 2. The first-order chi connectivity index (χ1) is 13.4. The Morgan fingerprint density at radius 1 is 1.07 bits per heavy atom. The number of nitrogens with two attached hydrogens (primary N) is 1. The molecule has 148 valence electrons. The predicted molar refractivity (Wildman–Crippen MR) is 107 cm³/mol. The molecule has 0 bridgehead atoms. The van der Waals surface area contributed by atoms with Crippen molar-refractivity contribution >= 4 is 29.1 Å². The molecule has 0 aliphatic carbocycles. The van der Waals surface area contributed by atoms with Crippen LogP contribution in [0.25, 0.3) is 0 Å². The zero-order valence-corrected chi connectivity index (χ0v) is 16.1. The van der Waals surface area contributed by atoms with E-state index in [-0.39, 0.29) is 17.5 Å². The van der Waals surface area contributed by atoms with Gasteiger partial charge in [-0.25, -0.2) is 4.39 Å². The average Bonchev–Trinajstić information content (AvgIpc) is 2.66. The number of hydrogen-bond donors (Lipinski definition) is 2. The number of amides is 2. The summed E-state index contributed by atoms with van der Waals surface area (Å²) < 4.78 is 13.3. The van der Waals surface area contributed by atoms with Crippen molar-refractivity contribution in [2.45, 2.75) is 6.54 Å². The number of halogens is 2. The van der Waals surface area contributed by atoms with Crippen molar-refractivity contribution in [3.8, 4) is 0 Å². The van der Waals surface area contributed by atoms with Gasteiger partial charge in [-0.15, -0.1) is 0 Å². The number of piperazine rings is 1. The van der Waals surface area contributed by atoms with Crippen LogP contribution >= 0.6 is 11.6 Å². The number of rotatable bonds is 6. The summed E-state index contributed by atoms with van der Waals surface area (Å²) in [6.45, 7) is 3.98. The molecule has 8 heteroatoms. The first kappa shape index (κ1) is 20.3. The van der Waals surface area contributed by atoms with Gasteiger partial charge < -0.3 is 11.1 Å². The molecule has 3 rings (SSSR count). The second-order valence-corrected chi connectivity index (χ2v) is 7.17. The Kier molecular flexibility index (Phi) is 6.61. The van der Waals surface area contributed by atoms with Gasteiger partial charge in [0.05, 0.1) is 22.8 Å². The Hall–Kier alpha value is -2.48. The second-order valence-electron chi connectivity index (χ2n) is 6.76. The normalized spacial score (nSPS) is 15.4. The summed E-state index contributed by atoms with van der Waals surface area (Å²) in [6.07, 6.45) is 0. The Morgan fingerprint density at radius 2 is 1.75 bits per heavy atom. The van der Waals surface area contributed by atoms with Crippen LogP contribution in [0.15, 0.2) is 42.5 Å². The van der Waals surface area contributed by atoms with Gasteiger partial charge in [-0.1, -0.05) is 29.8 Å². The summed E-state index contributed by atoms with van der Waals surface area (Å²) in [5, 5.41) is 2.89. The fourth-order valence-electron chi connectivity index (χ4n) is 3.20. The van der Waals surface area contributed by atoms with E-state index in [4.69, 9.17) is 17.3 Å². The molecule has 2 aromatic rings. The molecular weight excluding hydrogens is 383 g/mol. The topological polar surface area (TPSA) is 78.7 Å². The van der Waals surface area contributed by atoms with Gasteiger partial charge in [0, 0.05) is 32.7 Å². The lowest BCUT2D eigenvalue weighted by atomic mass is 10.1. The summed E-state index contributed by atoms with van der Waals surface area (Å²) in [5.41, 5.74) is 7.01. The second kappa shape index (κ2) is 9.14. The van der Waals surface area contributed by atoms with E-state index in [2.05, 4.69) is 15.1 Å². The lowest BCUT2D eigenvalue weighted by Crippen LogP contribution is -2.48. The van der Waals surface area contributed by atoms with E-state index in [9.17, 15) is 14.0 Å². The highest BCUT2D eigenvalue weighted by Crippen LogP contribution is 2.18. The molecule has 0 unspecified atom stereocenters. The van der Waals surface area contributed by atoms with Crippen molar-refractivity contribution in [3.05, 3.63) is 64.4 Å². The number of carbonyl (C=O) groups excluding carboxylic acids is 2. The van der Waals surface area contributed by atoms with E-state index in [1.165, 1.54) is 6.07 Å². The quantitative estimate of drug-likeness (QED) is 0.774. The van der Waals surface area contributed by atoms with Crippen LogP contribution < -0.4 is 11.1 Å². The van der Waals surface area contributed by atoms with Crippen LogP contribution in [0.2, 0.25) is 5.02 Å². The standard InChI is InChI=1S/C20H22ClFN4O2/c21-16-11-14(5-6-17(16)22)12-25-7-9-26(10-8-25)13-19(27)24-18-4-2-1-3-15(18)20(23)28/h1-6,11H,7-10,12-13H2,(H2,23,28)(H,24,27). The van der Waals surface area contributed by atoms with Crippen LogP contribution in [0.4, 0.5) is 10.1 Å². The van der Waals surface area contributed by atoms with Crippen molar-refractivity contribution in [3.63, 3.8) is 0 Å². The summed E-state index contributed by atoms with van der Waals surface area (Å²) in [4.78, 5) is 28.1. The average molecular weight is 405 g/mol. The van der Waals surface area contributed by atoms with E-state index in [0.717, 1.165) is 31.7 Å². The Balaban J connectivity index is 1.48. The van der Waals surface area contributed by atoms with Gasteiger partial charge in [0.15, 0.2) is 0 Å². The van der Waals surface area contributed by atoms with Crippen LogP contribution in [0.3, 0.4) is 0 Å². The summed E-state index contributed by atoms with van der Waals surface area (Å²) in [7, 11) is 0. The van der Waals surface area contributed by atoms with E-state index in [0.29, 0.717) is 17.8 Å². The van der Waals surface area contributed by atoms with Crippen LogP contribution in [0.1, 0.15) is 15.9 Å². The van der Waals surface area contributed by atoms with E-state index in [1.54, 1.807) is 36.4 Å². The number of para-hydroxylation sites is 1. The Bertz CT molecular complexity index is 869. The molecule has 1 aliphatic heterocycles. The summed E-state index contributed by atoms with van der Waals surface area (Å²) >= 11 is 5.83. The van der Waals surface area contributed by atoms with Gasteiger partial charge in [-0.05, 0) is 29.8 Å². The molecule has 2 amide bonds. The fraction of sp³-hybridized carbons (Fsp3) is 0.300. The van der Waals surface area contributed by atoms with Crippen molar-refractivity contribution in [2.75, 3.05) is 38.0 Å². The van der Waals surface area contributed by atoms with Gasteiger partial charge in [0.25, 0.3) is 5.91 Å². The number of primary amides is 1. The number of nitrogens with zero attached hydrogens (tertiary/aromatic N) is 2. The van der Waals surface area contributed by atoms with Crippen molar-refractivity contribution in [2.24, 2.45) is 5.73 Å². The van der Waals surface area contributed by atoms with E-state index >= 15 is 0 Å². The lowest BCUT2D eigenvalue weighted by molar-refractivity contribution is -0.117. The smallest absolute Gasteiger partial charge is 0.250 e. The molecule has 0 aromatic heterocycles. The monoisotopic (exact) mass is 404 g/mol. The highest BCUT2D eigenvalue weighted by atomic mass is 35.5. The van der Waals surface area contributed by atoms with Crippen LogP contribution in [0.5, 0.6) is 0 Å². The van der Waals surface area contributed by atoms with Crippen LogP contribution in [-0.4, -0.2) is 54.3 Å². The molecule has 0 spiro atoms. The van der Waals surface area contributed by atoms with Crippen molar-refractivity contribution in [1.82, 2.24) is 9.80 Å². The molecular formula is C20H22ClFN4O2. The zero-order chi connectivity index (χ0) is 20.1. The first-order valence-electron chi connectivity index (χ1n) is 8.99. The summed E-state index contributed by atoms with van der Waals surface area (Å²) in [5.74, 6) is -1.18. The molecule has 0 atom stereocenters.